The molecule has 3 aliphatic carbocycles. The molecule has 0 aromatic heterocycles. The third kappa shape index (κ3) is 3.15. The average Bonchev–Trinajstić information content (AvgIpc) is 3.42. The zero-order valence-corrected chi connectivity index (χ0v) is 24.0. The van der Waals surface area contributed by atoms with Gasteiger partial charge in [-0.1, -0.05) is 109 Å². The third-order valence-corrected chi connectivity index (χ3v) is 10.2. The van der Waals surface area contributed by atoms with Gasteiger partial charge in [0.15, 0.2) is 5.69 Å². The molecule has 2 nitrogen and oxygen atoms in total. The van der Waals surface area contributed by atoms with Gasteiger partial charge in [-0.2, -0.15) is 0 Å². The minimum absolute atomic E-state index is 0.199. The summed E-state index contributed by atoms with van der Waals surface area (Å²) in [5.74, 6) is 0.359. The van der Waals surface area contributed by atoms with Crippen molar-refractivity contribution in [3.63, 3.8) is 0 Å². The van der Waals surface area contributed by atoms with E-state index in [9.17, 15) is 0 Å². The Morgan fingerprint density at radius 1 is 0.727 bits per heavy atom. The van der Waals surface area contributed by atoms with Crippen LogP contribution in [0.5, 0.6) is 0 Å². The van der Waals surface area contributed by atoms with Crippen molar-refractivity contribution < 1.29 is 0 Å². The molecule has 0 spiro atoms. The van der Waals surface area contributed by atoms with Crippen LogP contribution in [0.25, 0.3) is 33.2 Å². The highest BCUT2D eigenvalue weighted by Crippen LogP contribution is 2.49. The molecule has 2 aliphatic heterocycles. The normalized spacial score (nSPS) is 17.2. The molecule has 0 bridgehead atoms. The summed E-state index contributed by atoms with van der Waals surface area (Å²) in [6.07, 6.45) is 14.8. The first-order chi connectivity index (χ1) is 21.8. The summed E-state index contributed by atoms with van der Waals surface area (Å²) in [4.78, 5) is 6.08. The highest BCUT2D eigenvalue weighted by molar-refractivity contribution is 7.01. The van der Waals surface area contributed by atoms with Gasteiger partial charge in [0.05, 0.1) is 6.57 Å². The van der Waals surface area contributed by atoms with Crippen molar-refractivity contribution in [2.75, 3.05) is 4.90 Å². The molecule has 44 heavy (non-hydrogen) atoms. The Morgan fingerprint density at radius 3 is 2.50 bits per heavy atom. The van der Waals surface area contributed by atoms with Crippen molar-refractivity contribution in [1.29, 1.82) is 0 Å². The fourth-order valence-electron chi connectivity index (χ4n) is 8.31. The number of fused-ring (bicyclic) bond motifs is 5. The summed E-state index contributed by atoms with van der Waals surface area (Å²) in [6.45, 7) is 7.52. The summed E-state index contributed by atoms with van der Waals surface area (Å²) < 4.78 is 0. The van der Waals surface area contributed by atoms with Gasteiger partial charge >= 0.3 is 0 Å². The Morgan fingerprint density at radius 2 is 1.59 bits per heavy atom. The van der Waals surface area contributed by atoms with E-state index in [2.05, 4.69) is 131 Å². The molecular weight excluding hydrogens is 531 g/mol. The number of allylic oxidation sites excluding steroid dienone is 7. The van der Waals surface area contributed by atoms with Crippen molar-refractivity contribution in [1.82, 2.24) is 0 Å². The number of anilines is 3. The third-order valence-electron chi connectivity index (χ3n) is 10.2. The Kier molecular flexibility index (Phi) is 4.74. The minimum atomic E-state index is 0.199. The molecule has 0 radical (unpaired) electrons. The van der Waals surface area contributed by atoms with Crippen LogP contribution in [0.15, 0.2) is 139 Å². The lowest BCUT2D eigenvalue weighted by Gasteiger charge is -2.38. The van der Waals surface area contributed by atoms with Crippen LogP contribution in [0.3, 0.4) is 0 Å². The van der Waals surface area contributed by atoms with Crippen LogP contribution in [0.2, 0.25) is 0 Å². The first-order valence-corrected chi connectivity index (χ1v) is 15.3. The van der Waals surface area contributed by atoms with Gasteiger partial charge < -0.3 is 4.90 Å². The van der Waals surface area contributed by atoms with Gasteiger partial charge in [-0.25, -0.2) is 4.85 Å². The monoisotopic (exact) mass is 556 g/mol. The number of hydrogen-bond donors (Lipinski definition) is 0. The SMILES string of the molecule is [C-]#[N+]c1ccc(-c2ccc3c(c2)-c2cccc4c2B3c2ccccc2N4c2cc3c4c(c2)CC=C2C=CC=C(C=C3)C24)cc1. The van der Waals surface area contributed by atoms with Crippen LogP contribution in [0.1, 0.15) is 22.6 Å². The maximum absolute atomic E-state index is 7.33. The molecule has 5 aromatic rings. The quantitative estimate of drug-likeness (QED) is 0.154. The number of para-hydroxylation sites is 1. The Hall–Kier alpha value is -5.59. The molecular formula is C41H25BN2. The van der Waals surface area contributed by atoms with Gasteiger partial charge in [0.2, 0.25) is 6.71 Å². The van der Waals surface area contributed by atoms with Gasteiger partial charge in [-0.3, -0.25) is 0 Å². The molecule has 5 aliphatic rings. The van der Waals surface area contributed by atoms with Gasteiger partial charge in [0, 0.05) is 23.0 Å². The summed E-state index contributed by atoms with van der Waals surface area (Å²) in [6, 6.07) is 35.5. The number of hydrogen-bond acceptors (Lipinski definition) is 1. The fraction of sp³-hybridized carbons (Fsp3) is 0.0488. The predicted molar refractivity (Wildman–Crippen MR) is 184 cm³/mol. The molecule has 1 unspecified atom stereocenters. The fourth-order valence-corrected chi connectivity index (χ4v) is 8.31. The van der Waals surface area contributed by atoms with Gasteiger partial charge in [0.25, 0.3) is 0 Å². The van der Waals surface area contributed by atoms with E-state index in [0.29, 0.717) is 11.6 Å². The van der Waals surface area contributed by atoms with Crippen LogP contribution < -0.4 is 21.3 Å². The van der Waals surface area contributed by atoms with E-state index in [1.807, 2.05) is 12.1 Å². The number of rotatable bonds is 2. The Bertz CT molecular complexity index is 2280. The molecule has 1 atom stereocenters. The number of nitrogens with zero attached hydrogens (tertiary/aromatic N) is 2. The van der Waals surface area contributed by atoms with Gasteiger partial charge in [0.1, 0.15) is 0 Å². The van der Waals surface area contributed by atoms with Crippen LogP contribution in [0.4, 0.5) is 22.7 Å². The van der Waals surface area contributed by atoms with Gasteiger partial charge in [-0.15, -0.1) is 0 Å². The van der Waals surface area contributed by atoms with E-state index in [4.69, 9.17) is 6.57 Å². The molecule has 0 saturated carbocycles. The summed E-state index contributed by atoms with van der Waals surface area (Å²) in [5, 5.41) is 0. The highest BCUT2D eigenvalue weighted by Gasteiger charge is 2.42. The van der Waals surface area contributed by atoms with Crippen molar-refractivity contribution in [3.05, 3.63) is 167 Å². The van der Waals surface area contributed by atoms with Crippen molar-refractivity contribution in [2.24, 2.45) is 0 Å². The van der Waals surface area contributed by atoms with E-state index in [0.717, 1.165) is 12.0 Å². The largest absolute Gasteiger partial charge is 0.311 e. The average molecular weight is 556 g/mol. The second-order valence-electron chi connectivity index (χ2n) is 12.3. The van der Waals surface area contributed by atoms with Crippen LogP contribution >= 0.6 is 0 Å². The van der Waals surface area contributed by atoms with Crippen molar-refractivity contribution in [2.45, 2.75) is 12.3 Å². The number of benzene rings is 5. The zero-order valence-electron chi connectivity index (χ0n) is 24.0. The first-order valence-electron chi connectivity index (χ1n) is 15.3. The Labute approximate surface area is 257 Å². The van der Waals surface area contributed by atoms with Gasteiger partial charge in [-0.05, 0) is 97.8 Å². The summed E-state index contributed by atoms with van der Waals surface area (Å²) in [5.41, 5.74) is 20.6. The van der Waals surface area contributed by atoms with E-state index in [1.165, 1.54) is 78.0 Å². The molecule has 0 saturated heterocycles. The second kappa shape index (κ2) is 8.72. The molecule has 0 amide bonds. The minimum Gasteiger partial charge on any atom is -0.311 e. The molecule has 2 heterocycles. The van der Waals surface area contributed by atoms with E-state index < -0.39 is 0 Å². The molecule has 3 heteroatoms. The lowest BCUT2D eigenvalue weighted by molar-refractivity contribution is 0.892. The Balaban J connectivity index is 1.16. The molecule has 0 fully saturated rings. The molecule has 10 rings (SSSR count). The second-order valence-corrected chi connectivity index (χ2v) is 12.3. The summed E-state index contributed by atoms with van der Waals surface area (Å²) in [7, 11) is 0. The molecule has 5 aromatic carbocycles. The zero-order chi connectivity index (χ0) is 28.9. The predicted octanol–water partition coefficient (Wildman–Crippen LogP) is 8.27. The van der Waals surface area contributed by atoms with Crippen LogP contribution in [-0.4, -0.2) is 6.71 Å². The van der Waals surface area contributed by atoms with Crippen LogP contribution in [-0.2, 0) is 6.42 Å². The standard InChI is InChI=1S/C41H25BN2/c1-43-31-19-16-25(17-20-31)28-18-21-35-34(24-28)33-8-5-11-38-41(33)42(35)36-9-2-3-10-37(36)44(38)32-22-29-14-12-26-6-4-7-27-13-15-30(23-32)40(29)39(26)27/h2-14,16-24,39H,15H2. The molecule has 202 valence electrons. The smallest absolute Gasteiger partial charge is 0.248 e. The van der Waals surface area contributed by atoms with Crippen molar-refractivity contribution >= 4 is 51.9 Å². The van der Waals surface area contributed by atoms with Crippen molar-refractivity contribution in [3.8, 4) is 22.3 Å². The lowest BCUT2D eigenvalue weighted by atomic mass is 9.37. The molecule has 0 N–H and O–H groups in total. The summed E-state index contributed by atoms with van der Waals surface area (Å²) >= 11 is 0. The first kappa shape index (κ1) is 23.9. The lowest BCUT2D eigenvalue weighted by Crippen LogP contribution is -2.54. The topological polar surface area (TPSA) is 7.60 Å². The maximum atomic E-state index is 7.33. The van der Waals surface area contributed by atoms with E-state index >= 15 is 0 Å². The van der Waals surface area contributed by atoms with Crippen LogP contribution in [0, 0.1) is 6.57 Å². The highest BCUT2D eigenvalue weighted by atomic mass is 15.2. The van der Waals surface area contributed by atoms with E-state index in [1.54, 1.807) is 0 Å². The maximum Gasteiger partial charge on any atom is 0.248 e. The van der Waals surface area contributed by atoms with E-state index in [-0.39, 0.29) is 6.71 Å².